The van der Waals surface area contributed by atoms with Crippen molar-refractivity contribution in [2.24, 2.45) is 0 Å². The molecule has 100 valence electrons. The lowest BCUT2D eigenvalue weighted by atomic mass is 10.2. The van der Waals surface area contributed by atoms with E-state index in [2.05, 4.69) is 22.4 Å². The Balaban J connectivity index is 2.09. The molecule has 0 saturated heterocycles. The molecule has 5 heteroatoms. The van der Waals surface area contributed by atoms with Gasteiger partial charge >= 0.3 is 0 Å². The van der Waals surface area contributed by atoms with Crippen LogP contribution < -0.4 is 5.32 Å². The Bertz CT molecular complexity index is 592. The SMILES string of the molecule is CCCc1cc(C(=O)Nc2ccc(C)c(Cl)c2)n[nH]1. The number of halogens is 1. The number of hydrogen-bond donors (Lipinski definition) is 2. The maximum Gasteiger partial charge on any atom is 0.276 e. The Morgan fingerprint density at radius 3 is 2.89 bits per heavy atom. The van der Waals surface area contributed by atoms with E-state index in [1.165, 1.54) is 0 Å². The van der Waals surface area contributed by atoms with Crippen LogP contribution in [0.2, 0.25) is 5.02 Å². The van der Waals surface area contributed by atoms with Crippen molar-refractivity contribution in [3.63, 3.8) is 0 Å². The summed E-state index contributed by atoms with van der Waals surface area (Å²) in [6.07, 6.45) is 1.90. The first-order valence-electron chi connectivity index (χ1n) is 6.22. The highest BCUT2D eigenvalue weighted by molar-refractivity contribution is 6.31. The van der Waals surface area contributed by atoms with Crippen LogP contribution in [0.25, 0.3) is 0 Å². The Morgan fingerprint density at radius 1 is 1.42 bits per heavy atom. The zero-order valence-electron chi connectivity index (χ0n) is 11.0. The van der Waals surface area contributed by atoms with E-state index in [-0.39, 0.29) is 5.91 Å². The van der Waals surface area contributed by atoms with Gasteiger partial charge in [-0.25, -0.2) is 0 Å². The molecule has 2 N–H and O–H groups in total. The molecule has 1 heterocycles. The monoisotopic (exact) mass is 277 g/mol. The van der Waals surface area contributed by atoms with Gasteiger partial charge in [0.25, 0.3) is 5.91 Å². The molecular formula is C14H16ClN3O. The molecule has 0 spiro atoms. The van der Waals surface area contributed by atoms with E-state index in [9.17, 15) is 4.79 Å². The Hall–Kier alpha value is -1.81. The molecule has 2 rings (SSSR count). The average molecular weight is 278 g/mol. The first-order valence-corrected chi connectivity index (χ1v) is 6.59. The fourth-order valence-corrected chi connectivity index (χ4v) is 1.92. The van der Waals surface area contributed by atoms with Crippen LogP contribution in [0.1, 0.15) is 35.1 Å². The van der Waals surface area contributed by atoms with Gasteiger partial charge in [0.05, 0.1) is 0 Å². The second kappa shape index (κ2) is 5.89. The minimum atomic E-state index is -0.237. The van der Waals surface area contributed by atoms with Gasteiger partial charge in [-0.15, -0.1) is 0 Å². The molecule has 0 bridgehead atoms. The number of aryl methyl sites for hydroxylation is 2. The van der Waals surface area contributed by atoms with Gasteiger partial charge in [-0.2, -0.15) is 5.10 Å². The predicted molar refractivity (Wildman–Crippen MR) is 76.7 cm³/mol. The third-order valence-electron chi connectivity index (χ3n) is 2.81. The van der Waals surface area contributed by atoms with Crippen LogP contribution in [-0.4, -0.2) is 16.1 Å². The third kappa shape index (κ3) is 3.35. The van der Waals surface area contributed by atoms with Crippen LogP contribution in [0.15, 0.2) is 24.3 Å². The zero-order chi connectivity index (χ0) is 13.8. The first-order chi connectivity index (χ1) is 9.10. The molecule has 0 unspecified atom stereocenters. The van der Waals surface area contributed by atoms with Crippen LogP contribution in [0.3, 0.4) is 0 Å². The molecule has 1 aromatic heterocycles. The Morgan fingerprint density at radius 2 is 2.21 bits per heavy atom. The second-order valence-electron chi connectivity index (χ2n) is 4.45. The molecule has 2 aromatic rings. The van der Waals surface area contributed by atoms with Crippen LogP contribution in [0.4, 0.5) is 5.69 Å². The van der Waals surface area contributed by atoms with Crippen molar-refractivity contribution >= 4 is 23.2 Å². The quantitative estimate of drug-likeness (QED) is 0.897. The van der Waals surface area contributed by atoms with Crippen LogP contribution in [-0.2, 0) is 6.42 Å². The lowest BCUT2D eigenvalue weighted by Crippen LogP contribution is -2.12. The predicted octanol–water partition coefficient (Wildman–Crippen LogP) is 3.58. The largest absolute Gasteiger partial charge is 0.321 e. The number of rotatable bonds is 4. The van der Waals surface area contributed by atoms with Crippen molar-refractivity contribution < 1.29 is 4.79 Å². The van der Waals surface area contributed by atoms with Crippen molar-refractivity contribution in [2.75, 3.05) is 5.32 Å². The standard InChI is InChI=1S/C14H16ClN3O/c1-3-4-11-8-13(18-17-11)14(19)16-10-6-5-9(2)12(15)7-10/h5-8H,3-4H2,1-2H3,(H,16,19)(H,17,18). The minimum Gasteiger partial charge on any atom is -0.321 e. The molecule has 0 fully saturated rings. The lowest BCUT2D eigenvalue weighted by molar-refractivity contribution is 0.102. The lowest BCUT2D eigenvalue weighted by Gasteiger charge is -2.04. The van der Waals surface area contributed by atoms with E-state index in [4.69, 9.17) is 11.6 Å². The van der Waals surface area contributed by atoms with Gasteiger partial charge in [0, 0.05) is 16.4 Å². The fourth-order valence-electron chi connectivity index (χ4n) is 1.74. The van der Waals surface area contributed by atoms with Gasteiger partial charge < -0.3 is 5.32 Å². The maximum atomic E-state index is 12.0. The summed E-state index contributed by atoms with van der Waals surface area (Å²) in [6.45, 7) is 3.99. The molecule has 0 atom stereocenters. The molecule has 0 aliphatic rings. The van der Waals surface area contributed by atoms with Crippen LogP contribution >= 0.6 is 11.6 Å². The summed E-state index contributed by atoms with van der Waals surface area (Å²) in [7, 11) is 0. The number of nitrogens with zero attached hydrogens (tertiary/aromatic N) is 1. The summed E-state index contributed by atoms with van der Waals surface area (Å²) < 4.78 is 0. The molecule has 0 saturated carbocycles. The molecule has 0 aliphatic carbocycles. The Labute approximate surface area is 117 Å². The fraction of sp³-hybridized carbons (Fsp3) is 0.286. The number of nitrogens with one attached hydrogen (secondary N) is 2. The molecule has 4 nitrogen and oxygen atoms in total. The smallest absolute Gasteiger partial charge is 0.276 e. The summed E-state index contributed by atoms with van der Waals surface area (Å²) in [5.74, 6) is -0.237. The van der Waals surface area contributed by atoms with Crippen molar-refractivity contribution in [1.29, 1.82) is 0 Å². The van der Waals surface area contributed by atoms with E-state index < -0.39 is 0 Å². The zero-order valence-corrected chi connectivity index (χ0v) is 11.7. The maximum absolute atomic E-state index is 12.0. The highest BCUT2D eigenvalue weighted by Crippen LogP contribution is 2.20. The van der Waals surface area contributed by atoms with Gasteiger partial charge in [-0.05, 0) is 37.1 Å². The summed E-state index contributed by atoms with van der Waals surface area (Å²) in [4.78, 5) is 12.0. The normalized spacial score (nSPS) is 10.5. The van der Waals surface area contributed by atoms with E-state index in [1.807, 2.05) is 19.1 Å². The number of carbonyl (C=O) groups excluding carboxylic acids is 1. The molecule has 19 heavy (non-hydrogen) atoms. The van der Waals surface area contributed by atoms with Gasteiger partial charge in [-0.1, -0.05) is 31.0 Å². The number of benzene rings is 1. The van der Waals surface area contributed by atoms with E-state index in [0.717, 1.165) is 24.1 Å². The summed E-state index contributed by atoms with van der Waals surface area (Å²) >= 11 is 6.02. The van der Waals surface area contributed by atoms with Crippen molar-refractivity contribution in [3.05, 3.63) is 46.2 Å². The average Bonchev–Trinajstić information content (AvgIpc) is 2.83. The second-order valence-corrected chi connectivity index (χ2v) is 4.85. The van der Waals surface area contributed by atoms with Gasteiger partial charge in [0.15, 0.2) is 5.69 Å². The van der Waals surface area contributed by atoms with Crippen LogP contribution in [0, 0.1) is 6.92 Å². The molecule has 1 aromatic carbocycles. The van der Waals surface area contributed by atoms with Crippen LogP contribution in [0.5, 0.6) is 0 Å². The first kappa shape index (κ1) is 13.6. The number of H-pyrrole nitrogens is 1. The highest BCUT2D eigenvalue weighted by atomic mass is 35.5. The highest BCUT2D eigenvalue weighted by Gasteiger charge is 2.11. The number of anilines is 1. The molecule has 0 aliphatic heterocycles. The minimum absolute atomic E-state index is 0.237. The molecule has 0 radical (unpaired) electrons. The van der Waals surface area contributed by atoms with Crippen molar-refractivity contribution in [2.45, 2.75) is 26.7 Å². The third-order valence-corrected chi connectivity index (χ3v) is 3.22. The van der Waals surface area contributed by atoms with Crippen molar-refractivity contribution in [1.82, 2.24) is 10.2 Å². The van der Waals surface area contributed by atoms with Gasteiger partial charge in [-0.3, -0.25) is 9.89 Å². The van der Waals surface area contributed by atoms with Gasteiger partial charge in [0.2, 0.25) is 0 Å². The van der Waals surface area contributed by atoms with Gasteiger partial charge in [0.1, 0.15) is 0 Å². The number of aromatic amines is 1. The Kier molecular flexibility index (Phi) is 4.22. The van der Waals surface area contributed by atoms with Crippen molar-refractivity contribution in [3.8, 4) is 0 Å². The summed E-state index contributed by atoms with van der Waals surface area (Å²) in [5.41, 5.74) is 3.00. The van der Waals surface area contributed by atoms with E-state index >= 15 is 0 Å². The summed E-state index contributed by atoms with van der Waals surface area (Å²) in [6, 6.07) is 7.19. The van der Waals surface area contributed by atoms with E-state index in [0.29, 0.717) is 16.4 Å². The molecular weight excluding hydrogens is 262 g/mol. The van der Waals surface area contributed by atoms with E-state index in [1.54, 1.807) is 12.1 Å². The topological polar surface area (TPSA) is 57.8 Å². The number of aromatic nitrogens is 2. The number of hydrogen-bond acceptors (Lipinski definition) is 2. The number of carbonyl (C=O) groups is 1. The summed E-state index contributed by atoms with van der Waals surface area (Å²) in [5, 5.41) is 10.3. The molecule has 1 amide bonds. The number of amides is 1.